The van der Waals surface area contributed by atoms with Gasteiger partial charge in [0, 0.05) is 19.3 Å². The molecule has 0 amide bonds. The molecule has 5 heteroatoms. The molecule has 1 saturated carbocycles. The third kappa shape index (κ3) is 2.45. The zero-order valence-corrected chi connectivity index (χ0v) is 8.97. The molecule has 1 fully saturated rings. The summed E-state index contributed by atoms with van der Waals surface area (Å²) in [6.45, 7) is 0.731. The molecular weight excluding hydrogens is 196 g/mol. The van der Waals surface area contributed by atoms with Gasteiger partial charge in [-0.1, -0.05) is 0 Å². The van der Waals surface area contributed by atoms with Crippen molar-refractivity contribution in [3.63, 3.8) is 0 Å². The number of nitrogens with zero attached hydrogens (tertiary/aromatic N) is 2. The summed E-state index contributed by atoms with van der Waals surface area (Å²) in [6, 6.07) is 0.613. The number of rotatable bonds is 3. The minimum Gasteiger partial charge on any atom is -0.360 e. The summed E-state index contributed by atoms with van der Waals surface area (Å²) in [5.74, 6) is 0. The van der Waals surface area contributed by atoms with Gasteiger partial charge in [-0.15, -0.1) is 0 Å². The van der Waals surface area contributed by atoms with E-state index in [1.807, 2.05) is 17.8 Å². The van der Waals surface area contributed by atoms with E-state index in [1.165, 1.54) is 12.8 Å². The van der Waals surface area contributed by atoms with Gasteiger partial charge in [0.15, 0.2) is 5.11 Å². The molecule has 0 spiro atoms. The Hall–Kier alpha value is -1.10. The maximum absolute atomic E-state index is 5.13. The zero-order valence-electron chi connectivity index (χ0n) is 8.16. The summed E-state index contributed by atoms with van der Waals surface area (Å²) in [5, 5.41) is 7.13. The van der Waals surface area contributed by atoms with E-state index >= 15 is 0 Å². The number of nitrogens with one attached hydrogen (secondary N) is 2. The number of hydrogen-bond donors (Lipinski definition) is 2. The monoisotopic (exact) mass is 210 g/mol. The smallest absolute Gasteiger partial charge is 0.166 e. The van der Waals surface area contributed by atoms with Crippen LogP contribution in [0.1, 0.15) is 18.5 Å². The summed E-state index contributed by atoms with van der Waals surface area (Å²) in [4.78, 5) is 4.03. The first-order valence-electron chi connectivity index (χ1n) is 4.75. The van der Waals surface area contributed by atoms with E-state index in [2.05, 4.69) is 15.6 Å². The Kier molecular flexibility index (Phi) is 2.67. The van der Waals surface area contributed by atoms with Crippen LogP contribution in [0.15, 0.2) is 12.5 Å². The number of imidazole rings is 1. The van der Waals surface area contributed by atoms with Gasteiger partial charge in [0.1, 0.15) is 0 Å². The normalized spacial score (nSPS) is 15.2. The van der Waals surface area contributed by atoms with E-state index in [0.717, 1.165) is 17.4 Å². The van der Waals surface area contributed by atoms with Crippen LogP contribution in [0.2, 0.25) is 0 Å². The fourth-order valence-corrected chi connectivity index (χ4v) is 1.43. The quantitative estimate of drug-likeness (QED) is 0.715. The Morgan fingerprint density at radius 3 is 3.07 bits per heavy atom. The lowest BCUT2D eigenvalue weighted by Crippen LogP contribution is -2.36. The van der Waals surface area contributed by atoms with Crippen molar-refractivity contribution in [2.75, 3.05) is 0 Å². The molecule has 1 heterocycles. The lowest BCUT2D eigenvalue weighted by Gasteiger charge is -2.09. The van der Waals surface area contributed by atoms with Gasteiger partial charge in [0.25, 0.3) is 0 Å². The Morgan fingerprint density at radius 2 is 2.50 bits per heavy atom. The molecule has 1 aromatic rings. The lowest BCUT2D eigenvalue weighted by molar-refractivity contribution is 0.759. The van der Waals surface area contributed by atoms with Crippen LogP contribution in [-0.4, -0.2) is 20.7 Å². The Labute approximate surface area is 88.7 Å². The van der Waals surface area contributed by atoms with Crippen molar-refractivity contribution in [1.82, 2.24) is 20.2 Å². The summed E-state index contributed by atoms with van der Waals surface area (Å²) in [6.07, 6.45) is 6.11. The summed E-state index contributed by atoms with van der Waals surface area (Å²) in [7, 11) is 1.97. The molecule has 4 nitrogen and oxygen atoms in total. The van der Waals surface area contributed by atoms with Gasteiger partial charge in [-0.05, 0) is 25.1 Å². The van der Waals surface area contributed by atoms with Gasteiger partial charge in [0.05, 0.1) is 18.6 Å². The second-order valence-electron chi connectivity index (χ2n) is 3.60. The first-order chi connectivity index (χ1) is 6.75. The fourth-order valence-electron chi connectivity index (χ4n) is 1.19. The van der Waals surface area contributed by atoms with Crippen LogP contribution in [0.25, 0.3) is 0 Å². The van der Waals surface area contributed by atoms with Crippen molar-refractivity contribution in [3.8, 4) is 0 Å². The number of thiocarbonyl (C=S) groups is 1. The van der Waals surface area contributed by atoms with E-state index in [0.29, 0.717) is 6.04 Å². The SMILES string of the molecule is Cn1cncc1CNC(=S)NC1CC1. The average molecular weight is 210 g/mol. The molecule has 14 heavy (non-hydrogen) atoms. The number of hydrogen-bond acceptors (Lipinski definition) is 2. The molecule has 0 bridgehead atoms. The molecule has 76 valence electrons. The molecule has 1 aliphatic rings. The van der Waals surface area contributed by atoms with Gasteiger partial charge < -0.3 is 15.2 Å². The second-order valence-corrected chi connectivity index (χ2v) is 4.01. The Balaban J connectivity index is 1.76. The van der Waals surface area contributed by atoms with Gasteiger partial charge in [-0.2, -0.15) is 0 Å². The van der Waals surface area contributed by atoms with Crippen LogP contribution < -0.4 is 10.6 Å². The van der Waals surface area contributed by atoms with Gasteiger partial charge >= 0.3 is 0 Å². The van der Waals surface area contributed by atoms with Crippen molar-refractivity contribution in [3.05, 3.63) is 18.2 Å². The van der Waals surface area contributed by atoms with E-state index in [-0.39, 0.29) is 0 Å². The molecule has 0 saturated heterocycles. The minimum atomic E-state index is 0.613. The van der Waals surface area contributed by atoms with Crippen LogP contribution in [0.3, 0.4) is 0 Å². The largest absolute Gasteiger partial charge is 0.360 e. The predicted octanol–water partition coefficient (Wildman–Crippen LogP) is 0.547. The molecule has 2 N–H and O–H groups in total. The van der Waals surface area contributed by atoms with E-state index < -0.39 is 0 Å². The molecular formula is C9H14N4S. The third-order valence-corrected chi connectivity index (χ3v) is 2.52. The van der Waals surface area contributed by atoms with Crippen molar-refractivity contribution in [2.45, 2.75) is 25.4 Å². The highest BCUT2D eigenvalue weighted by atomic mass is 32.1. The highest BCUT2D eigenvalue weighted by Gasteiger charge is 2.21. The summed E-state index contributed by atoms with van der Waals surface area (Å²) in [5.41, 5.74) is 1.13. The summed E-state index contributed by atoms with van der Waals surface area (Å²) < 4.78 is 1.98. The van der Waals surface area contributed by atoms with Gasteiger partial charge in [0.2, 0.25) is 0 Å². The molecule has 0 aromatic carbocycles. The standard InChI is InChI=1S/C9H14N4S/c1-13-6-10-4-8(13)5-11-9(14)12-7-2-3-7/h4,6-7H,2-3,5H2,1H3,(H2,11,12,14). The molecule has 1 aliphatic carbocycles. The van der Waals surface area contributed by atoms with Crippen LogP contribution in [0.4, 0.5) is 0 Å². The highest BCUT2D eigenvalue weighted by Crippen LogP contribution is 2.18. The topological polar surface area (TPSA) is 41.9 Å². The molecule has 0 atom stereocenters. The maximum atomic E-state index is 5.13. The lowest BCUT2D eigenvalue weighted by atomic mass is 10.4. The molecule has 1 aromatic heterocycles. The van der Waals surface area contributed by atoms with Crippen LogP contribution in [-0.2, 0) is 13.6 Å². The van der Waals surface area contributed by atoms with Gasteiger partial charge in [-0.25, -0.2) is 4.98 Å². The highest BCUT2D eigenvalue weighted by molar-refractivity contribution is 7.80. The molecule has 0 radical (unpaired) electrons. The molecule has 0 aliphatic heterocycles. The Morgan fingerprint density at radius 1 is 1.71 bits per heavy atom. The summed E-state index contributed by atoms with van der Waals surface area (Å²) >= 11 is 5.13. The predicted molar refractivity (Wildman–Crippen MR) is 58.8 cm³/mol. The van der Waals surface area contributed by atoms with Crippen LogP contribution in [0.5, 0.6) is 0 Å². The maximum Gasteiger partial charge on any atom is 0.166 e. The van der Waals surface area contributed by atoms with E-state index in [9.17, 15) is 0 Å². The van der Waals surface area contributed by atoms with Crippen LogP contribution in [0, 0.1) is 0 Å². The van der Waals surface area contributed by atoms with Gasteiger partial charge in [-0.3, -0.25) is 0 Å². The fraction of sp³-hybridized carbons (Fsp3) is 0.556. The minimum absolute atomic E-state index is 0.613. The van der Waals surface area contributed by atoms with E-state index in [4.69, 9.17) is 12.2 Å². The first kappa shape index (κ1) is 9.45. The number of aromatic nitrogens is 2. The van der Waals surface area contributed by atoms with Crippen molar-refractivity contribution in [1.29, 1.82) is 0 Å². The second kappa shape index (κ2) is 3.96. The molecule has 2 rings (SSSR count). The van der Waals surface area contributed by atoms with E-state index in [1.54, 1.807) is 6.33 Å². The van der Waals surface area contributed by atoms with Crippen molar-refractivity contribution < 1.29 is 0 Å². The number of aryl methyl sites for hydroxylation is 1. The zero-order chi connectivity index (χ0) is 9.97. The van der Waals surface area contributed by atoms with Crippen LogP contribution >= 0.6 is 12.2 Å². The average Bonchev–Trinajstić information content (AvgIpc) is 2.86. The van der Waals surface area contributed by atoms with Crippen molar-refractivity contribution >= 4 is 17.3 Å². The Bertz CT molecular complexity index is 329. The third-order valence-electron chi connectivity index (χ3n) is 2.26. The van der Waals surface area contributed by atoms with Crippen molar-refractivity contribution in [2.24, 2.45) is 7.05 Å². The molecule has 0 unspecified atom stereocenters. The first-order valence-corrected chi connectivity index (χ1v) is 5.16.